The summed E-state index contributed by atoms with van der Waals surface area (Å²) in [6.45, 7) is 5.23. The lowest BCUT2D eigenvalue weighted by atomic mass is 10.1. The molecule has 20 heavy (non-hydrogen) atoms. The van der Waals surface area contributed by atoms with Gasteiger partial charge in [0.2, 0.25) is 0 Å². The Bertz CT molecular complexity index is 761. The van der Waals surface area contributed by atoms with E-state index in [1.165, 1.54) is 31.8 Å². The minimum absolute atomic E-state index is 0.877. The molecule has 1 N–H and O–H groups in total. The molecule has 0 bridgehead atoms. The van der Waals surface area contributed by atoms with Crippen molar-refractivity contribution in [3.05, 3.63) is 62.3 Å². The van der Waals surface area contributed by atoms with Gasteiger partial charge >= 0.3 is 0 Å². The number of thiophene rings is 1. The third-order valence-corrected chi connectivity index (χ3v) is 5.18. The molecule has 0 aliphatic heterocycles. The molecule has 0 unspecified atom stereocenters. The van der Waals surface area contributed by atoms with Crippen LogP contribution < -0.4 is 5.32 Å². The lowest BCUT2D eigenvalue weighted by molar-refractivity contribution is 1.15. The van der Waals surface area contributed by atoms with E-state index < -0.39 is 0 Å². The Morgan fingerprint density at radius 2 is 1.80 bits per heavy atom. The van der Waals surface area contributed by atoms with E-state index in [-0.39, 0.29) is 0 Å². The first kappa shape index (κ1) is 13.7. The number of rotatable bonds is 3. The second-order valence-electron chi connectivity index (χ2n) is 4.93. The van der Waals surface area contributed by atoms with Gasteiger partial charge in [0.25, 0.3) is 0 Å². The molecule has 3 heteroatoms. The molecule has 102 valence electrons. The summed E-state index contributed by atoms with van der Waals surface area (Å²) in [4.78, 5) is 2.77. The van der Waals surface area contributed by atoms with Crippen LogP contribution in [0.1, 0.15) is 15.3 Å². The molecule has 0 atom stereocenters. The highest BCUT2D eigenvalue weighted by Crippen LogP contribution is 2.30. The van der Waals surface area contributed by atoms with Gasteiger partial charge in [-0.25, -0.2) is 0 Å². The molecular weight excluding hydrogens is 330 g/mol. The van der Waals surface area contributed by atoms with E-state index in [1.54, 1.807) is 0 Å². The first-order valence-corrected chi connectivity index (χ1v) is 8.23. The topological polar surface area (TPSA) is 12.0 Å². The van der Waals surface area contributed by atoms with E-state index in [9.17, 15) is 0 Å². The summed E-state index contributed by atoms with van der Waals surface area (Å²) in [6.07, 6.45) is 0. The Labute approximate surface area is 131 Å². The number of halogens is 1. The Balaban J connectivity index is 1.92. The van der Waals surface area contributed by atoms with Crippen molar-refractivity contribution in [2.45, 2.75) is 20.4 Å². The Morgan fingerprint density at radius 3 is 2.50 bits per heavy atom. The van der Waals surface area contributed by atoms with Gasteiger partial charge in [-0.3, -0.25) is 0 Å². The molecule has 0 saturated carbocycles. The van der Waals surface area contributed by atoms with E-state index in [4.69, 9.17) is 0 Å². The van der Waals surface area contributed by atoms with Gasteiger partial charge < -0.3 is 5.32 Å². The van der Waals surface area contributed by atoms with E-state index in [2.05, 4.69) is 77.6 Å². The molecule has 3 aromatic rings. The number of anilines is 1. The van der Waals surface area contributed by atoms with Gasteiger partial charge in [-0.2, -0.15) is 0 Å². The maximum Gasteiger partial charge on any atom is 0.0423 e. The molecular formula is C17H16BrNS. The van der Waals surface area contributed by atoms with Crippen LogP contribution in [-0.4, -0.2) is 0 Å². The molecule has 0 fully saturated rings. The van der Waals surface area contributed by atoms with Crippen molar-refractivity contribution in [1.29, 1.82) is 0 Å². The first-order chi connectivity index (χ1) is 9.65. The Kier molecular flexibility index (Phi) is 3.81. The predicted molar refractivity (Wildman–Crippen MR) is 92.8 cm³/mol. The second-order valence-corrected chi connectivity index (χ2v) is 7.25. The maximum absolute atomic E-state index is 3.62. The van der Waals surface area contributed by atoms with Crippen LogP contribution in [0.25, 0.3) is 10.8 Å². The average Bonchev–Trinajstić information content (AvgIpc) is 2.77. The third-order valence-electron chi connectivity index (χ3n) is 3.48. The first-order valence-electron chi connectivity index (χ1n) is 6.62. The minimum Gasteiger partial charge on any atom is -0.380 e. The SMILES string of the molecule is Cc1cc(CNc2ccc(Br)c3ccccc23)c(C)s1. The number of hydrogen-bond acceptors (Lipinski definition) is 2. The van der Waals surface area contributed by atoms with Crippen LogP contribution in [0.5, 0.6) is 0 Å². The van der Waals surface area contributed by atoms with Crippen molar-refractivity contribution in [2.24, 2.45) is 0 Å². The van der Waals surface area contributed by atoms with Crippen molar-refractivity contribution < 1.29 is 0 Å². The number of fused-ring (bicyclic) bond motifs is 1. The number of benzene rings is 2. The fourth-order valence-corrected chi connectivity index (χ4v) is 3.89. The Hall–Kier alpha value is -1.32. The van der Waals surface area contributed by atoms with Crippen LogP contribution in [0.4, 0.5) is 5.69 Å². The molecule has 0 radical (unpaired) electrons. The summed E-state index contributed by atoms with van der Waals surface area (Å²) in [7, 11) is 0. The van der Waals surface area contributed by atoms with Gasteiger partial charge in [0.1, 0.15) is 0 Å². The highest BCUT2D eigenvalue weighted by Gasteiger charge is 2.06. The lowest BCUT2D eigenvalue weighted by Gasteiger charge is -2.11. The highest BCUT2D eigenvalue weighted by molar-refractivity contribution is 9.10. The van der Waals surface area contributed by atoms with E-state index in [1.807, 2.05) is 11.3 Å². The molecule has 2 aromatic carbocycles. The van der Waals surface area contributed by atoms with Crippen molar-refractivity contribution in [1.82, 2.24) is 0 Å². The zero-order chi connectivity index (χ0) is 14.1. The molecule has 0 aliphatic carbocycles. The van der Waals surface area contributed by atoms with Gasteiger partial charge in [0.05, 0.1) is 0 Å². The monoisotopic (exact) mass is 345 g/mol. The zero-order valence-electron chi connectivity index (χ0n) is 11.5. The van der Waals surface area contributed by atoms with E-state index in [0.29, 0.717) is 0 Å². The smallest absolute Gasteiger partial charge is 0.0423 e. The van der Waals surface area contributed by atoms with Crippen LogP contribution in [0, 0.1) is 13.8 Å². The van der Waals surface area contributed by atoms with E-state index >= 15 is 0 Å². The molecule has 3 rings (SSSR count). The molecule has 0 saturated heterocycles. The molecule has 0 spiro atoms. The summed E-state index contributed by atoms with van der Waals surface area (Å²) in [5, 5.41) is 6.07. The van der Waals surface area contributed by atoms with Gasteiger partial charge in [-0.05, 0) is 43.0 Å². The molecule has 1 nitrogen and oxygen atoms in total. The minimum atomic E-state index is 0.877. The summed E-state index contributed by atoms with van der Waals surface area (Å²) < 4.78 is 1.14. The number of hydrogen-bond donors (Lipinski definition) is 1. The number of nitrogens with one attached hydrogen (secondary N) is 1. The summed E-state index contributed by atoms with van der Waals surface area (Å²) in [6, 6.07) is 15.0. The van der Waals surface area contributed by atoms with Gasteiger partial charge in [0, 0.05) is 31.8 Å². The Morgan fingerprint density at radius 1 is 1.05 bits per heavy atom. The summed E-state index contributed by atoms with van der Waals surface area (Å²) in [5.41, 5.74) is 2.58. The zero-order valence-corrected chi connectivity index (χ0v) is 13.9. The maximum atomic E-state index is 3.62. The molecule has 1 heterocycles. The van der Waals surface area contributed by atoms with Crippen LogP contribution in [-0.2, 0) is 6.54 Å². The summed E-state index contributed by atoms with van der Waals surface area (Å²) in [5.74, 6) is 0. The molecule has 0 amide bonds. The average molecular weight is 346 g/mol. The third kappa shape index (κ3) is 2.60. The van der Waals surface area contributed by atoms with Crippen LogP contribution >= 0.6 is 27.3 Å². The lowest BCUT2D eigenvalue weighted by Crippen LogP contribution is -2.00. The van der Waals surface area contributed by atoms with Crippen molar-refractivity contribution in [3.8, 4) is 0 Å². The largest absolute Gasteiger partial charge is 0.380 e. The second kappa shape index (κ2) is 5.58. The van der Waals surface area contributed by atoms with Gasteiger partial charge in [-0.1, -0.05) is 40.2 Å². The van der Waals surface area contributed by atoms with Crippen LogP contribution in [0.15, 0.2) is 46.9 Å². The fraction of sp³-hybridized carbons (Fsp3) is 0.176. The van der Waals surface area contributed by atoms with Gasteiger partial charge in [-0.15, -0.1) is 11.3 Å². The molecule has 1 aromatic heterocycles. The van der Waals surface area contributed by atoms with Crippen LogP contribution in [0.2, 0.25) is 0 Å². The fourth-order valence-electron chi connectivity index (χ4n) is 2.47. The quantitative estimate of drug-likeness (QED) is 0.623. The summed E-state index contributed by atoms with van der Waals surface area (Å²) >= 11 is 5.48. The molecule has 0 aliphatic rings. The van der Waals surface area contributed by atoms with Crippen molar-refractivity contribution in [2.75, 3.05) is 5.32 Å². The van der Waals surface area contributed by atoms with Crippen LogP contribution in [0.3, 0.4) is 0 Å². The standard InChI is InChI=1S/C17H16BrNS/c1-11-9-13(12(2)20-11)10-19-17-8-7-16(18)14-5-3-4-6-15(14)17/h3-9,19H,10H2,1-2H3. The highest BCUT2D eigenvalue weighted by atomic mass is 79.9. The van der Waals surface area contributed by atoms with Crippen molar-refractivity contribution in [3.63, 3.8) is 0 Å². The number of aryl methyl sites for hydroxylation is 2. The van der Waals surface area contributed by atoms with Gasteiger partial charge in [0.15, 0.2) is 0 Å². The van der Waals surface area contributed by atoms with Crippen molar-refractivity contribution >= 4 is 43.7 Å². The predicted octanol–water partition coefficient (Wildman–Crippen LogP) is 5.89. The normalized spacial score (nSPS) is 10.9. The van der Waals surface area contributed by atoms with E-state index in [0.717, 1.165) is 11.0 Å².